The molecular formula is C31H57N5O9. The molecule has 0 bridgehead atoms. The molecule has 8 N–H and O–H groups in total. The molecule has 7 atom stereocenters. The second kappa shape index (κ2) is 20.0. The number of carbonyl (C=O) groups excluding carboxylic acids is 5. The van der Waals surface area contributed by atoms with Gasteiger partial charge in [0, 0.05) is 6.92 Å². The minimum absolute atomic E-state index is 0.0185. The minimum atomic E-state index is -1.33. The van der Waals surface area contributed by atoms with Crippen LogP contribution in [0.5, 0.6) is 0 Å². The fourth-order valence-corrected chi connectivity index (χ4v) is 4.77. The predicted octanol–water partition coefficient (Wildman–Crippen LogP) is 0.441. The molecule has 0 heterocycles. The van der Waals surface area contributed by atoms with Crippen LogP contribution in [0.4, 0.5) is 0 Å². The van der Waals surface area contributed by atoms with E-state index in [1.54, 1.807) is 27.7 Å². The number of aliphatic carboxylic acids is 1. The second-order valence-electron chi connectivity index (χ2n) is 13.4. The molecule has 0 saturated carbocycles. The Morgan fingerprint density at radius 1 is 0.556 bits per heavy atom. The zero-order valence-electron chi connectivity index (χ0n) is 28.5. The van der Waals surface area contributed by atoms with Crippen molar-refractivity contribution in [1.82, 2.24) is 26.6 Å². The highest BCUT2D eigenvalue weighted by molar-refractivity contribution is 5.92. The Labute approximate surface area is 267 Å². The molecule has 0 saturated heterocycles. The third kappa shape index (κ3) is 16.6. The highest BCUT2D eigenvalue weighted by atomic mass is 16.4. The van der Waals surface area contributed by atoms with E-state index in [-0.39, 0.29) is 29.6 Å². The average Bonchev–Trinajstić information content (AvgIpc) is 2.87. The van der Waals surface area contributed by atoms with Gasteiger partial charge in [-0.1, -0.05) is 55.4 Å². The van der Waals surface area contributed by atoms with Crippen molar-refractivity contribution in [3.8, 4) is 0 Å². The number of hydrogen-bond acceptors (Lipinski definition) is 8. The first-order valence-corrected chi connectivity index (χ1v) is 15.7. The predicted molar refractivity (Wildman–Crippen MR) is 168 cm³/mol. The van der Waals surface area contributed by atoms with Crippen LogP contribution in [0.15, 0.2) is 0 Å². The fraction of sp³-hybridized carbons (Fsp3) is 0.806. The fourth-order valence-electron chi connectivity index (χ4n) is 4.77. The monoisotopic (exact) mass is 643 g/mol. The van der Waals surface area contributed by atoms with Gasteiger partial charge in [0.15, 0.2) is 0 Å². The first-order valence-electron chi connectivity index (χ1n) is 15.7. The molecule has 0 radical (unpaired) electrons. The maximum atomic E-state index is 13.3. The maximum absolute atomic E-state index is 13.3. The van der Waals surface area contributed by atoms with E-state index in [1.807, 2.05) is 27.7 Å². The molecule has 0 aliphatic heterocycles. The number of rotatable bonds is 20. The molecule has 0 aliphatic carbocycles. The standard InChI is InChI=1S/C31H57N5O9/c1-15(2)11-21(35-30(44)28(18(7)8)36-31(45)27(17(5)6)33-20(10)37)23(38)13-25(40)32-19(9)29(43)34-22(12-16(3)4)24(39)14-26(41)42/h15-19,21-24,27-28,38-39H,11-14H2,1-10H3,(H,32,40)(H,33,37)(H,34,43)(H,35,44)(H,36,45)(H,41,42). The average molecular weight is 644 g/mol. The van der Waals surface area contributed by atoms with E-state index < -0.39 is 84.9 Å². The van der Waals surface area contributed by atoms with Crippen molar-refractivity contribution in [1.29, 1.82) is 0 Å². The van der Waals surface area contributed by atoms with E-state index >= 15 is 0 Å². The van der Waals surface area contributed by atoms with Gasteiger partial charge in [-0.3, -0.25) is 28.8 Å². The number of carboxylic acids is 1. The van der Waals surface area contributed by atoms with Gasteiger partial charge in [-0.25, -0.2) is 0 Å². The van der Waals surface area contributed by atoms with Crippen LogP contribution in [0.25, 0.3) is 0 Å². The van der Waals surface area contributed by atoms with E-state index in [0.29, 0.717) is 12.8 Å². The molecule has 0 aliphatic rings. The summed E-state index contributed by atoms with van der Waals surface area (Å²) in [5, 5.41) is 43.5. The van der Waals surface area contributed by atoms with Gasteiger partial charge < -0.3 is 41.9 Å². The Morgan fingerprint density at radius 2 is 0.956 bits per heavy atom. The highest BCUT2D eigenvalue weighted by Crippen LogP contribution is 2.14. The van der Waals surface area contributed by atoms with Crippen LogP contribution in [-0.4, -0.2) is 93.2 Å². The van der Waals surface area contributed by atoms with Gasteiger partial charge in [0.05, 0.1) is 37.1 Å². The Kier molecular flexibility index (Phi) is 18.5. The zero-order valence-corrected chi connectivity index (χ0v) is 28.5. The molecule has 5 amide bonds. The molecule has 14 nitrogen and oxygen atoms in total. The smallest absolute Gasteiger partial charge is 0.306 e. The van der Waals surface area contributed by atoms with Gasteiger partial charge in [-0.05, 0) is 43.4 Å². The molecule has 14 heteroatoms. The van der Waals surface area contributed by atoms with Crippen molar-refractivity contribution in [2.75, 3.05) is 0 Å². The third-order valence-corrected chi connectivity index (χ3v) is 7.14. The summed E-state index contributed by atoms with van der Waals surface area (Å²) in [5.41, 5.74) is 0. The summed E-state index contributed by atoms with van der Waals surface area (Å²) in [6.07, 6.45) is -3.01. The molecule has 260 valence electrons. The molecule has 0 aromatic carbocycles. The van der Waals surface area contributed by atoms with Crippen LogP contribution in [-0.2, 0) is 28.8 Å². The van der Waals surface area contributed by atoms with Crippen LogP contribution in [0.2, 0.25) is 0 Å². The molecule has 45 heavy (non-hydrogen) atoms. The molecule has 0 aromatic heterocycles. The Balaban J connectivity index is 5.54. The molecule has 0 rings (SSSR count). The topological polar surface area (TPSA) is 223 Å². The van der Waals surface area contributed by atoms with Crippen LogP contribution in [0, 0.1) is 23.7 Å². The van der Waals surface area contributed by atoms with Crippen LogP contribution >= 0.6 is 0 Å². The quantitative estimate of drug-likeness (QED) is 0.0920. The van der Waals surface area contributed by atoms with Crippen LogP contribution in [0.3, 0.4) is 0 Å². The molecule has 7 unspecified atom stereocenters. The van der Waals surface area contributed by atoms with E-state index in [9.17, 15) is 39.0 Å². The van der Waals surface area contributed by atoms with E-state index in [1.165, 1.54) is 13.8 Å². The van der Waals surface area contributed by atoms with E-state index in [2.05, 4.69) is 26.6 Å². The van der Waals surface area contributed by atoms with Gasteiger partial charge in [0.2, 0.25) is 29.5 Å². The summed E-state index contributed by atoms with van der Waals surface area (Å²) < 4.78 is 0. The normalized spacial score (nSPS) is 16.3. The van der Waals surface area contributed by atoms with Crippen molar-refractivity contribution >= 4 is 35.5 Å². The molecule has 0 fully saturated rings. The molecule has 0 spiro atoms. The van der Waals surface area contributed by atoms with Crippen LogP contribution < -0.4 is 26.6 Å². The van der Waals surface area contributed by atoms with Crippen molar-refractivity contribution < 1.29 is 44.1 Å². The number of carboxylic acid groups (broad SMARTS) is 1. The Bertz CT molecular complexity index is 1000. The minimum Gasteiger partial charge on any atom is -0.481 e. The van der Waals surface area contributed by atoms with Crippen molar-refractivity contribution in [2.24, 2.45) is 23.7 Å². The van der Waals surface area contributed by atoms with Gasteiger partial charge in [0.25, 0.3) is 0 Å². The van der Waals surface area contributed by atoms with Gasteiger partial charge in [0.1, 0.15) is 18.1 Å². The number of hydrogen-bond donors (Lipinski definition) is 8. The largest absolute Gasteiger partial charge is 0.481 e. The number of nitrogens with one attached hydrogen (secondary N) is 5. The van der Waals surface area contributed by atoms with Crippen molar-refractivity contribution in [2.45, 2.75) is 137 Å². The summed E-state index contributed by atoms with van der Waals surface area (Å²) >= 11 is 0. The molecular weight excluding hydrogens is 586 g/mol. The summed E-state index contributed by atoms with van der Waals surface area (Å²) in [4.78, 5) is 74.6. The van der Waals surface area contributed by atoms with E-state index in [4.69, 9.17) is 5.11 Å². The lowest BCUT2D eigenvalue weighted by Gasteiger charge is -2.31. The lowest BCUT2D eigenvalue weighted by molar-refractivity contribution is -0.140. The summed E-state index contributed by atoms with van der Waals surface area (Å²) in [6.45, 7) is 17.2. The number of carbonyl (C=O) groups is 6. The lowest BCUT2D eigenvalue weighted by Crippen LogP contribution is -2.59. The van der Waals surface area contributed by atoms with Crippen molar-refractivity contribution in [3.63, 3.8) is 0 Å². The van der Waals surface area contributed by atoms with Crippen LogP contribution in [0.1, 0.15) is 94.9 Å². The Morgan fingerprint density at radius 3 is 1.36 bits per heavy atom. The number of aliphatic hydroxyl groups is 2. The summed E-state index contributed by atoms with van der Waals surface area (Å²) in [5.74, 6) is -4.48. The second-order valence-corrected chi connectivity index (χ2v) is 13.4. The molecule has 0 aromatic rings. The van der Waals surface area contributed by atoms with E-state index in [0.717, 1.165) is 0 Å². The highest BCUT2D eigenvalue weighted by Gasteiger charge is 2.33. The summed E-state index contributed by atoms with van der Waals surface area (Å²) in [7, 11) is 0. The van der Waals surface area contributed by atoms with Crippen molar-refractivity contribution in [3.05, 3.63) is 0 Å². The zero-order chi connectivity index (χ0) is 35.2. The first-order chi connectivity index (χ1) is 20.7. The Hall–Kier alpha value is -3.26. The SMILES string of the molecule is CC(=O)NC(C(=O)NC(C(=O)NC(CC(C)C)C(O)CC(=O)NC(C)C(=O)NC(CC(C)C)C(O)CC(=O)O)C(C)C)C(C)C. The van der Waals surface area contributed by atoms with Gasteiger partial charge in [-0.15, -0.1) is 0 Å². The van der Waals surface area contributed by atoms with Gasteiger partial charge in [-0.2, -0.15) is 0 Å². The first kappa shape index (κ1) is 41.7. The van der Waals surface area contributed by atoms with Gasteiger partial charge >= 0.3 is 5.97 Å². The lowest BCUT2D eigenvalue weighted by atomic mass is 9.95. The summed E-state index contributed by atoms with van der Waals surface area (Å²) in [6, 6.07) is -4.59. The third-order valence-electron chi connectivity index (χ3n) is 7.14. The number of amides is 5. The number of aliphatic hydroxyl groups excluding tert-OH is 2. The maximum Gasteiger partial charge on any atom is 0.306 e.